The lowest BCUT2D eigenvalue weighted by Crippen LogP contribution is -2.12. The van der Waals surface area contributed by atoms with E-state index in [2.05, 4.69) is 20.9 Å². The summed E-state index contributed by atoms with van der Waals surface area (Å²) < 4.78 is 23.8. The van der Waals surface area contributed by atoms with Gasteiger partial charge in [0.05, 0.1) is 4.70 Å². The highest BCUT2D eigenvalue weighted by Crippen LogP contribution is 2.29. The van der Waals surface area contributed by atoms with Crippen LogP contribution < -0.4 is 5.14 Å². The van der Waals surface area contributed by atoms with E-state index in [0.29, 0.717) is 9.43 Å². The fourth-order valence-corrected chi connectivity index (χ4v) is 3.30. The number of halogens is 1. The number of para-hydroxylation sites is 1. The Kier molecular flexibility index (Phi) is 2.34. The van der Waals surface area contributed by atoms with E-state index in [4.69, 9.17) is 5.14 Å². The van der Waals surface area contributed by atoms with Gasteiger partial charge in [0.1, 0.15) is 10.4 Å². The molecule has 0 aliphatic heterocycles. The largest absolute Gasteiger partial charge is 0.240 e. The van der Waals surface area contributed by atoms with Crippen LogP contribution in [-0.2, 0) is 10.0 Å². The minimum atomic E-state index is -3.69. The Morgan fingerprint density at radius 1 is 1.43 bits per heavy atom. The zero-order valence-electron chi connectivity index (χ0n) is 6.77. The number of nitrogens with two attached hydrogens (primary N) is 1. The normalized spacial score (nSPS) is 12.1. The highest BCUT2D eigenvalue weighted by Gasteiger charge is 2.14. The minimum absolute atomic E-state index is 0.0666. The van der Waals surface area contributed by atoms with Crippen molar-refractivity contribution in [2.75, 3.05) is 0 Å². The van der Waals surface area contributed by atoms with Crippen LogP contribution in [0, 0.1) is 0 Å². The third kappa shape index (κ3) is 1.68. The van der Waals surface area contributed by atoms with Crippen LogP contribution in [0.25, 0.3) is 10.2 Å². The van der Waals surface area contributed by atoms with Crippen LogP contribution in [0.15, 0.2) is 27.0 Å². The van der Waals surface area contributed by atoms with E-state index in [9.17, 15) is 8.42 Å². The Balaban J connectivity index is 2.90. The van der Waals surface area contributed by atoms with Crippen LogP contribution in [0.3, 0.4) is 0 Å². The van der Waals surface area contributed by atoms with Gasteiger partial charge in [-0.2, -0.15) is 0 Å². The van der Waals surface area contributed by atoms with Crippen molar-refractivity contribution in [3.63, 3.8) is 0 Å². The number of rotatable bonds is 1. The zero-order valence-corrected chi connectivity index (χ0v) is 9.99. The molecule has 1 aromatic carbocycles. The first kappa shape index (κ1) is 10.0. The van der Waals surface area contributed by atoms with Crippen molar-refractivity contribution in [1.29, 1.82) is 0 Å². The zero-order chi connectivity index (χ0) is 10.3. The maximum absolute atomic E-state index is 11.2. The van der Waals surface area contributed by atoms with Crippen LogP contribution >= 0.6 is 27.3 Å². The second-order valence-corrected chi connectivity index (χ2v) is 6.45. The number of benzene rings is 1. The summed E-state index contributed by atoms with van der Waals surface area (Å²) in [6.45, 7) is 0. The van der Waals surface area contributed by atoms with Crippen LogP contribution in [0.2, 0.25) is 0 Å². The standard InChI is InChI=1S/C7H5BrN2O2S2/c8-7-10-6-4(13-7)2-1-3-5(6)14(9,11)12/h1-3H,(H2,9,11,12). The van der Waals surface area contributed by atoms with E-state index in [1.807, 2.05) is 0 Å². The lowest BCUT2D eigenvalue weighted by Gasteiger charge is -1.97. The van der Waals surface area contributed by atoms with E-state index in [0.717, 1.165) is 4.70 Å². The molecular weight excluding hydrogens is 288 g/mol. The summed E-state index contributed by atoms with van der Waals surface area (Å²) in [6, 6.07) is 4.89. The summed E-state index contributed by atoms with van der Waals surface area (Å²) in [6.07, 6.45) is 0. The molecule has 0 amide bonds. The predicted molar refractivity (Wildman–Crippen MR) is 58.7 cm³/mol. The van der Waals surface area contributed by atoms with Gasteiger partial charge in [-0.1, -0.05) is 6.07 Å². The van der Waals surface area contributed by atoms with Crippen molar-refractivity contribution in [1.82, 2.24) is 4.98 Å². The summed E-state index contributed by atoms with van der Waals surface area (Å²) >= 11 is 4.57. The number of thiazole rings is 1. The SMILES string of the molecule is NS(=O)(=O)c1cccc2sc(Br)nc12. The van der Waals surface area contributed by atoms with Gasteiger partial charge in [0, 0.05) is 0 Å². The first-order chi connectivity index (χ1) is 6.48. The van der Waals surface area contributed by atoms with E-state index >= 15 is 0 Å². The van der Waals surface area contributed by atoms with Gasteiger partial charge in [0.15, 0.2) is 3.92 Å². The van der Waals surface area contributed by atoms with Gasteiger partial charge >= 0.3 is 0 Å². The molecule has 1 heterocycles. The van der Waals surface area contributed by atoms with Crippen LogP contribution in [0.5, 0.6) is 0 Å². The van der Waals surface area contributed by atoms with Crippen LogP contribution in [0.1, 0.15) is 0 Å². The average molecular weight is 293 g/mol. The average Bonchev–Trinajstić information content (AvgIpc) is 2.41. The molecule has 0 bridgehead atoms. The quantitative estimate of drug-likeness (QED) is 0.869. The number of aromatic nitrogens is 1. The molecule has 2 N–H and O–H groups in total. The molecule has 0 saturated carbocycles. The molecule has 4 nitrogen and oxygen atoms in total. The first-order valence-corrected chi connectivity index (χ1v) is 6.72. The number of primary sulfonamides is 1. The highest BCUT2D eigenvalue weighted by molar-refractivity contribution is 9.11. The number of hydrogen-bond donors (Lipinski definition) is 1. The lowest BCUT2D eigenvalue weighted by atomic mass is 10.3. The molecular formula is C7H5BrN2O2S2. The maximum Gasteiger partial charge on any atom is 0.240 e. The Morgan fingerprint density at radius 2 is 2.14 bits per heavy atom. The van der Waals surface area contributed by atoms with Crippen molar-refractivity contribution in [3.8, 4) is 0 Å². The van der Waals surface area contributed by atoms with E-state index in [-0.39, 0.29) is 4.90 Å². The van der Waals surface area contributed by atoms with Gasteiger partial charge in [0.25, 0.3) is 0 Å². The van der Waals surface area contributed by atoms with Crippen molar-refractivity contribution >= 4 is 47.5 Å². The Morgan fingerprint density at radius 3 is 2.79 bits per heavy atom. The van der Waals surface area contributed by atoms with E-state index < -0.39 is 10.0 Å². The van der Waals surface area contributed by atoms with Gasteiger partial charge in [-0.3, -0.25) is 0 Å². The summed E-state index contributed by atoms with van der Waals surface area (Å²) in [5.41, 5.74) is 0.423. The number of hydrogen-bond acceptors (Lipinski definition) is 4. The summed E-state index contributed by atoms with van der Waals surface area (Å²) in [5, 5.41) is 5.05. The summed E-state index contributed by atoms with van der Waals surface area (Å²) in [5.74, 6) is 0. The van der Waals surface area contributed by atoms with Gasteiger partial charge < -0.3 is 0 Å². The molecule has 0 spiro atoms. The number of sulfonamides is 1. The third-order valence-corrected chi connectivity index (χ3v) is 4.08. The van der Waals surface area contributed by atoms with Crippen LogP contribution in [0.4, 0.5) is 0 Å². The molecule has 7 heteroatoms. The Labute approximate surface area is 92.9 Å². The molecule has 0 atom stereocenters. The summed E-state index contributed by atoms with van der Waals surface area (Å²) in [7, 11) is -3.69. The molecule has 14 heavy (non-hydrogen) atoms. The van der Waals surface area contributed by atoms with Crippen molar-refractivity contribution in [3.05, 3.63) is 22.1 Å². The van der Waals surface area contributed by atoms with Crippen LogP contribution in [-0.4, -0.2) is 13.4 Å². The fourth-order valence-electron chi connectivity index (χ4n) is 1.13. The topological polar surface area (TPSA) is 73.1 Å². The molecule has 2 aromatic rings. The van der Waals surface area contributed by atoms with Gasteiger partial charge in [-0.05, 0) is 28.1 Å². The second-order valence-electron chi connectivity index (χ2n) is 2.61. The third-order valence-electron chi connectivity index (χ3n) is 1.66. The molecule has 0 aliphatic rings. The predicted octanol–water partition coefficient (Wildman–Crippen LogP) is 1.71. The van der Waals surface area contributed by atoms with Gasteiger partial charge in [-0.25, -0.2) is 18.5 Å². The molecule has 0 radical (unpaired) electrons. The molecule has 74 valence electrons. The lowest BCUT2D eigenvalue weighted by molar-refractivity contribution is 0.598. The van der Waals surface area contributed by atoms with Gasteiger partial charge in [-0.15, -0.1) is 11.3 Å². The minimum Gasteiger partial charge on any atom is -0.228 e. The maximum atomic E-state index is 11.2. The fraction of sp³-hybridized carbons (Fsp3) is 0. The van der Waals surface area contributed by atoms with E-state index in [1.54, 1.807) is 12.1 Å². The second kappa shape index (κ2) is 3.27. The molecule has 0 saturated heterocycles. The first-order valence-electron chi connectivity index (χ1n) is 3.56. The molecule has 0 fully saturated rings. The molecule has 1 aromatic heterocycles. The number of nitrogens with zero attached hydrogens (tertiary/aromatic N) is 1. The summed E-state index contributed by atoms with van der Waals surface area (Å²) in [4.78, 5) is 4.12. The van der Waals surface area contributed by atoms with Crippen molar-refractivity contribution in [2.45, 2.75) is 4.90 Å². The molecule has 2 rings (SSSR count). The van der Waals surface area contributed by atoms with Crippen molar-refractivity contribution in [2.24, 2.45) is 5.14 Å². The molecule has 0 unspecified atom stereocenters. The van der Waals surface area contributed by atoms with Crippen molar-refractivity contribution < 1.29 is 8.42 Å². The van der Waals surface area contributed by atoms with Gasteiger partial charge in [0.2, 0.25) is 10.0 Å². The monoisotopic (exact) mass is 292 g/mol. The Hall–Kier alpha value is -0.500. The highest BCUT2D eigenvalue weighted by atomic mass is 79.9. The Bertz CT molecular complexity index is 591. The smallest absolute Gasteiger partial charge is 0.228 e. The van der Waals surface area contributed by atoms with E-state index in [1.165, 1.54) is 17.4 Å². The molecule has 0 aliphatic carbocycles. The number of fused-ring (bicyclic) bond motifs is 1.